The lowest BCUT2D eigenvalue weighted by molar-refractivity contribution is -0.385. The predicted molar refractivity (Wildman–Crippen MR) is 78.5 cm³/mol. The molecule has 19 heavy (non-hydrogen) atoms. The normalized spacial score (nSPS) is 30.5. The molecule has 2 fully saturated rings. The number of halogens is 1. The number of fused-ring (bicyclic) bond motifs is 2. The number of para-hydroxylation sites is 1. The van der Waals surface area contributed by atoms with E-state index in [1.807, 2.05) is 12.1 Å². The predicted octanol–water partition coefficient (Wildman–Crippen LogP) is 4.34. The Kier molecular flexibility index (Phi) is 3.61. The number of nitro benzene ring substituents is 1. The van der Waals surface area contributed by atoms with Crippen molar-refractivity contribution in [3.63, 3.8) is 0 Å². The summed E-state index contributed by atoms with van der Waals surface area (Å²) in [4.78, 5) is 11.2. The smallest absolute Gasteiger partial charge is 0.258 e. The molecule has 1 aromatic rings. The molecule has 0 saturated heterocycles. The minimum Gasteiger partial charge on any atom is -0.258 e. The summed E-state index contributed by atoms with van der Waals surface area (Å²) in [6.45, 7) is 0. The van der Waals surface area contributed by atoms with Gasteiger partial charge in [0, 0.05) is 16.5 Å². The molecular formula is C15H18BrNO2. The highest BCUT2D eigenvalue weighted by Gasteiger charge is 2.42. The lowest BCUT2D eigenvalue weighted by Crippen LogP contribution is -2.23. The van der Waals surface area contributed by atoms with E-state index in [0.29, 0.717) is 10.7 Å². The summed E-state index contributed by atoms with van der Waals surface area (Å²) in [7, 11) is 0. The van der Waals surface area contributed by atoms with Crippen molar-refractivity contribution in [3.05, 3.63) is 39.9 Å². The van der Waals surface area contributed by atoms with Gasteiger partial charge in [-0.15, -0.1) is 0 Å². The van der Waals surface area contributed by atoms with E-state index in [0.717, 1.165) is 23.8 Å². The minimum absolute atomic E-state index is 0.259. The number of nitrogens with zero attached hydrogens (tertiary/aromatic N) is 1. The third kappa shape index (κ3) is 2.55. The molecule has 102 valence electrons. The van der Waals surface area contributed by atoms with Crippen LogP contribution in [0.1, 0.15) is 31.2 Å². The van der Waals surface area contributed by atoms with E-state index in [4.69, 9.17) is 0 Å². The molecule has 4 unspecified atom stereocenters. The van der Waals surface area contributed by atoms with Gasteiger partial charge in [-0.2, -0.15) is 0 Å². The van der Waals surface area contributed by atoms with Gasteiger partial charge in [0.05, 0.1) is 4.92 Å². The van der Waals surface area contributed by atoms with Crippen molar-refractivity contribution in [2.75, 3.05) is 0 Å². The molecule has 0 N–H and O–H groups in total. The highest BCUT2D eigenvalue weighted by molar-refractivity contribution is 9.09. The van der Waals surface area contributed by atoms with E-state index in [2.05, 4.69) is 15.9 Å². The molecule has 0 radical (unpaired) electrons. The molecule has 0 aromatic heterocycles. The number of hydrogen-bond acceptors (Lipinski definition) is 2. The van der Waals surface area contributed by atoms with E-state index in [9.17, 15) is 10.1 Å². The van der Waals surface area contributed by atoms with Gasteiger partial charge in [0.25, 0.3) is 5.69 Å². The Morgan fingerprint density at radius 3 is 2.74 bits per heavy atom. The molecule has 2 aliphatic rings. The second kappa shape index (κ2) is 5.23. The molecule has 2 saturated carbocycles. The molecule has 0 aliphatic heterocycles. The van der Waals surface area contributed by atoms with Gasteiger partial charge in [0.15, 0.2) is 0 Å². The summed E-state index contributed by atoms with van der Waals surface area (Å²) in [5.74, 6) is 2.47. The molecule has 4 atom stereocenters. The van der Waals surface area contributed by atoms with Gasteiger partial charge in [0.2, 0.25) is 0 Å². The third-order valence-electron chi connectivity index (χ3n) is 4.86. The van der Waals surface area contributed by atoms with Crippen molar-refractivity contribution in [2.45, 2.75) is 36.9 Å². The van der Waals surface area contributed by atoms with Gasteiger partial charge in [-0.25, -0.2) is 0 Å². The van der Waals surface area contributed by atoms with Crippen LogP contribution in [-0.4, -0.2) is 9.75 Å². The van der Waals surface area contributed by atoms with Gasteiger partial charge in [0.1, 0.15) is 0 Å². The minimum atomic E-state index is -0.268. The van der Waals surface area contributed by atoms with Crippen LogP contribution in [0.25, 0.3) is 0 Å². The zero-order chi connectivity index (χ0) is 13.4. The van der Waals surface area contributed by atoms with E-state index >= 15 is 0 Å². The van der Waals surface area contributed by atoms with Crippen LogP contribution >= 0.6 is 15.9 Å². The van der Waals surface area contributed by atoms with Crippen molar-refractivity contribution in [1.82, 2.24) is 0 Å². The highest BCUT2D eigenvalue weighted by Crippen LogP contribution is 2.51. The van der Waals surface area contributed by atoms with Gasteiger partial charge in [-0.05, 0) is 43.4 Å². The third-order valence-corrected chi connectivity index (χ3v) is 5.86. The fourth-order valence-electron chi connectivity index (χ4n) is 3.96. The standard InChI is InChI=1S/C15H18BrNO2/c16-14(13-8-10-5-6-11(13)7-10)9-12-3-1-2-4-15(12)17(18)19/h1-4,10-11,13-14H,5-9H2. The zero-order valence-electron chi connectivity index (χ0n) is 10.8. The Balaban J connectivity index is 1.73. The lowest BCUT2D eigenvalue weighted by Gasteiger charge is -2.26. The number of rotatable bonds is 4. The molecule has 3 rings (SSSR count). The average molecular weight is 324 g/mol. The van der Waals surface area contributed by atoms with Crippen LogP contribution in [0.3, 0.4) is 0 Å². The Bertz CT molecular complexity index is 491. The van der Waals surface area contributed by atoms with Crippen LogP contribution in [0.4, 0.5) is 5.69 Å². The topological polar surface area (TPSA) is 43.1 Å². The van der Waals surface area contributed by atoms with Crippen LogP contribution in [0, 0.1) is 27.9 Å². The molecule has 3 nitrogen and oxygen atoms in total. The molecule has 2 bridgehead atoms. The summed E-state index contributed by atoms with van der Waals surface area (Å²) in [6.07, 6.45) is 6.20. The summed E-state index contributed by atoms with van der Waals surface area (Å²) < 4.78 is 0. The Labute approximate surface area is 121 Å². The summed E-state index contributed by atoms with van der Waals surface area (Å²) >= 11 is 3.80. The van der Waals surface area contributed by atoms with E-state index < -0.39 is 0 Å². The molecule has 0 spiro atoms. The van der Waals surface area contributed by atoms with Crippen LogP contribution in [0.2, 0.25) is 0 Å². The highest BCUT2D eigenvalue weighted by atomic mass is 79.9. The van der Waals surface area contributed by atoms with E-state index in [1.54, 1.807) is 12.1 Å². The maximum Gasteiger partial charge on any atom is 0.272 e. The second-order valence-corrected chi connectivity index (χ2v) is 7.12. The molecule has 0 amide bonds. The van der Waals surface area contributed by atoms with Crippen LogP contribution < -0.4 is 0 Å². The first-order valence-corrected chi connectivity index (χ1v) is 7.93. The molecule has 2 aliphatic carbocycles. The number of nitro groups is 1. The number of benzene rings is 1. The first kappa shape index (κ1) is 13.1. The molecule has 1 aromatic carbocycles. The van der Waals surface area contributed by atoms with Crippen LogP contribution in [0.15, 0.2) is 24.3 Å². The van der Waals surface area contributed by atoms with E-state index in [-0.39, 0.29) is 10.6 Å². The van der Waals surface area contributed by atoms with Crippen molar-refractivity contribution >= 4 is 21.6 Å². The zero-order valence-corrected chi connectivity index (χ0v) is 12.4. The Morgan fingerprint density at radius 2 is 2.11 bits per heavy atom. The largest absolute Gasteiger partial charge is 0.272 e. The van der Waals surface area contributed by atoms with Gasteiger partial charge >= 0.3 is 0 Å². The van der Waals surface area contributed by atoms with Crippen LogP contribution in [-0.2, 0) is 6.42 Å². The summed E-state index contributed by atoms with van der Waals surface area (Å²) in [5.41, 5.74) is 1.12. The molecule has 4 heteroatoms. The first-order chi connectivity index (χ1) is 9.15. The maximum absolute atomic E-state index is 11.0. The van der Waals surface area contributed by atoms with Crippen LogP contribution in [0.5, 0.6) is 0 Å². The number of hydrogen-bond donors (Lipinski definition) is 0. The Morgan fingerprint density at radius 1 is 1.32 bits per heavy atom. The van der Waals surface area contributed by atoms with Crippen molar-refractivity contribution in [2.24, 2.45) is 17.8 Å². The second-order valence-electron chi connectivity index (χ2n) is 5.94. The maximum atomic E-state index is 11.0. The summed E-state index contributed by atoms with van der Waals surface area (Å²) in [5, 5.41) is 11.0. The molecular weight excluding hydrogens is 306 g/mol. The molecule has 0 heterocycles. The van der Waals surface area contributed by atoms with Gasteiger partial charge in [-0.1, -0.05) is 40.5 Å². The lowest BCUT2D eigenvalue weighted by atomic mass is 9.84. The van der Waals surface area contributed by atoms with E-state index in [1.165, 1.54) is 25.7 Å². The SMILES string of the molecule is O=[N+]([O-])c1ccccc1CC(Br)C1CC2CCC1C2. The fraction of sp³-hybridized carbons (Fsp3) is 0.600. The van der Waals surface area contributed by atoms with Crippen molar-refractivity contribution in [1.29, 1.82) is 0 Å². The fourth-order valence-corrected chi connectivity index (χ4v) is 4.96. The first-order valence-electron chi connectivity index (χ1n) is 7.01. The number of alkyl halides is 1. The monoisotopic (exact) mass is 323 g/mol. The van der Waals surface area contributed by atoms with Crippen molar-refractivity contribution in [3.8, 4) is 0 Å². The average Bonchev–Trinajstić information content (AvgIpc) is 3.01. The van der Waals surface area contributed by atoms with Crippen molar-refractivity contribution < 1.29 is 4.92 Å². The Hall–Kier alpha value is -0.900. The summed E-state index contributed by atoms with van der Waals surface area (Å²) in [6, 6.07) is 7.13. The quantitative estimate of drug-likeness (QED) is 0.470. The van der Waals surface area contributed by atoms with Gasteiger partial charge < -0.3 is 0 Å². The van der Waals surface area contributed by atoms with Gasteiger partial charge in [-0.3, -0.25) is 10.1 Å².